The number of furan rings is 1. The number of aromatic nitrogens is 2. The molecule has 0 aliphatic carbocycles. The molecular formula is C34H20N2OS. The van der Waals surface area contributed by atoms with Crippen LogP contribution in [0.15, 0.2) is 126 Å². The highest BCUT2D eigenvalue weighted by molar-refractivity contribution is 7.26. The van der Waals surface area contributed by atoms with Crippen molar-refractivity contribution >= 4 is 53.6 Å². The largest absolute Gasteiger partial charge is 0.456 e. The van der Waals surface area contributed by atoms with Crippen molar-refractivity contribution in [2.24, 2.45) is 0 Å². The van der Waals surface area contributed by atoms with Gasteiger partial charge in [0.15, 0.2) is 5.82 Å². The summed E-state index contributed by atoms with van der Waals surface area (Å²) in [7, 11) is 0. The molecule has 3 nitrogen and oxygen atoms in total. The maximum atomic E-state index is 6.31. The number of fused-ring (bicyclic) bond motifs is 6. The van der Waals surface area contributed by atoms with Gasteiger partial charge in [0.1, 0.15) is 11.2 Å². The highest BCUT2D eigenvalue weighted by Crippen LogP contribution is 2.42. The highest BCUT2D eigenvalue weighted by atomic mass is 32.1. The van der Waals surface area contributed by atoms with Crippen LogP contribution < -0.4 is 0 Å². The predicted molar refractivity (Wildman–Crippen MR) is 159 cm³/mol. The predicted octanol–water partition coefficient (Wildman–Crippen LogP) is 9.74. The van der Waals surface area contributed by atoms with Crippen molar-refractivity contribution in [3.8, 4) is 33.8 Å². The lowest BCUT2D eigenvalue weighted by Crippen LogP contribution is -1.94. The van der Waals surface area contributed by atoms with Crippen LogP contribution in [0.1, 0.15) is 0 Å². The fraction of sp³-hybridized carbons (Fsp3) is 0. The summed E-state index contributed by atoms with van der Waals surface area (Å²) in [6.45, 7) is 0. The Balaban J connectivity index is 1.45. The third-order valence-corrected chi connectivity index (χ3v) is 8.28. The number of nitrogens with zero attached hydrogens (tertiary/aromatic N) is 2. The number of rotatable bonds is 3. The van der Waals surface area contributed by atoms with E-state index in [9.17, 15) is 0 Å². The minimum Gasteiger partial charge on any atom is -0.456 e. The van der Waals surface area contributed by atoms with Crippen molar-refractivity contribution < 1.29 is 4.42 Å². The van der Waals surface area contributed by atoms with Crippen LogP contribution in [0.3, 0.4) is 0 Å². The Hall–Kier alpha value is -4.80. The maximum Gasteiger partial charge on any atom is 0.161 e. The van der Waals surface area contributed by atoms with Crippen LogP contribution in [-0.4, -0.2) is 9.97 Å². The molecule has 3 heterocycles. The van der Waals surface area contributed by atoms with Gasteiger partial charge < -0.3 is 4.42 Å². The van der Waals surface area contributed by atoms with E-state index in [-0.39, 0.29) is 0 Å². The van der Waals surface area contributed by atoms with Gasteiger partial charge in [-0.05, 0) is 35.4 Å². The Morgan fingerprint density at radius 1 is 0.553 bits per heavy atom. The minimum atomic E-state index is 0.707. The van der Waals surface area contributed by atoms with Gasteiger partial charge in [-0.1, -0.05) is 97.1 Å². The molecular weight excluding hydrogens is 484 g/mol. The van der Waals surface area contributed by atoms with Crippen molar-refractivity contribution in [2.45, 2.75) is 0 Å². The second kappa shape index (κ2) is 8.37. The van der Waals surface area contributed by atoms with Gasteiger partial charge >= 0.3 is 0 Å². The first-order chi connectivity index (χ1) is 18.8. The monoisotopic (exact) mass is 504 g/mol. The second-order valence-corrected chi connectivity index (χ2v) is 10.4. The molecule has 0 bridgehead atoms. The summed E-state index contributed by atoms with van der Waals surface area (Å²) in [6.07, 6.45) is 0. The molecule has 0 aliphatic rings. The third kappa shape index (κ3) is 3.28. The molecule has 178 valence electrons. The fourth-order valence-corrected chi connectivity index (χ4v) is 6.48. The molecule has 0 saturated carbocycles. The molecule has 0 spiro atoms. The smallest absolute Gasteiger partial charge is 0.161 e. The van der Waals surface area contributed by atoms with Crippen molar-refractivity contribution in [3.63, 3.8) is 0 Å². The first-order valence-corrected chi connectivity index (χ1v) is 13.4. The molecule has 0 atom stereocenters. The topological polar surface area (TPSA) is 38.9 Å². The molecule has 0 N–H and O–H groups in total. The van der Waals surface area contributed by atoms with Crippen LogP contribution in [0.5, 0.6) is 0 Å². The van der Waals surface area contributed by atoms with Crippen molar-refractivity contribution in [1.29, 1.82) is 0 Å². The average molecular weight is 505 g/mol. The lowest BCUT2D eigenvalue weighted by atomic mass is 10.0. The summed E-state index contributed by atoms with van der Waals surface area (Å²) in [5, 5.41) is 3.26. The zero-order valence-corrected chi connectivity index (χ0v) is 21.1. The molecule has 0 radical (unpaired) electrons. The molecule has 5 aromatic carbocycles. The second-order valence-electron chi connectivity index (χ2n) is 9.40. The van der Waals surface area contributed by atoms with E-state index in [1.807, 2.05) is 24.3 Å². The first-order valence-electron chi connectivity index (χ1n) is 12.6. The van der Waals surface area contributed by atoms with E-state index in [1.165, 1.54) is 10.3 Å². The van der Waals surface area contributed by atoms with Gasteiger partial charge in [-0.25, -0.2) is 9.97 Å². The molecule has 3 aromatic heterocycles. The van der Waals surface area contributed by atoms with Gasteiger partial charge in [0.2, 0.25) is 0 Å². The van der Waals surface area contributed by atoms with E-state index in [0.717, 1.165) is 59.9 Å². The molecule has 4 heteroatoms. The van der Waals surface area contributed by atoms with E-state index in [1.54, 1.807) is 11.3 Å². The maximum absolute atomic E-state index is 6.31. The van der Waals surface area contributed by atoms with Gasteiger partial charge in [0, 0.05) is 32.0 Å². The van der Waals surface area contributed by atoms with Gasteiger partial charge in [0.25, 0.3) is 0 Å². The fourth-order valence-electron chi connectivity index (χ4n) is 5.33. The summed E-state index contributed by atoms with van der Waals surface area (Å²) in [5.41, 5.74) is 8.03. The van der Waals surface area contributed by atoms with Crippen LogP contribution >= 0.6 is 11.3 Å². The van der Waals surface area contributed by atoms with E-state index in [2.05, 4.69) is 97.1 Å². The van der Waals surface area contributed by atoms with E-state index >= 15 is 0 Å². The molecule has 8 aromatic rings. The lowest BCUT2D eigenvalue weighted by Gasteiger charge is -2.08. The normalized spacial score (nSPS) is 11.7. The van der Waals surface area contributed by atoms with Gasteiger partial charge in [-0.15, -0.1) is 11.3 Å². The Bertz CT molecular complexity index is 2130. The molecule has 38 heavy (non-hydrogen) atoms. The lowest BCUT2D eigenvalue weighted by molar-refractivity contribution is 0.669. The van der Waals surface area contributed by atoms with Crippen LogP contribution in [0.4, 0.5) is 0 Å². The molecule has 0 fully saturated rings. The highest BCUT2D eigenvalue weighted by Gasteiger charge is 2.19. The number of hydrogen-bond acceptors (Lipinski definition) is 4. The average Bonchev–Trinajstić information content (AvgIpc) is 3.55. The zero-order chi connectivity index (χ0) is 25.1. The standard InChI is InChI=1S/C34H20N2OS/c1-3-10-21(11-4-1)23-18-19-27-26(20-23)30-25(15-9-16-28(30)37-27)34-35-31(22-12-5-2-6-13-22)33-32(36-34)24-14-7-8-17-29(24)38-33/h1-20H. The summed E-state index contributed by atoms with van der Waals surface area (Å²) >= 11 is 1.75. The van der Waals surface area contributed by atoms with Crippen LogP contribution in [0.2, 0.25) is 0 Å². The summed E-state index contributed by atoms with van der Waals surface area (Å²) < 4.78 is 8.63. The quantitative estimate of drug-likeness (QED) is 0.240. The summed E-state index contributed by atoms with van der Waals surface area (Å²) in [5.74, 6) is 0.707. The summed E-state index contributed by atoms with van der Waals surface area (Å²) in [6, 6.07) is 41.9. The number of hydrogen-bond donors (Lipinski definition) is 0. The van der Waals surface area contributed by atoms with Crippen molar-refractivity contribution in [1.82, 2.24) is 9.97 Å². The molecule has 0 aliphatic heterocycles. The van der Waals surface area contributed by atoms with Crippen LogP contribution in [0.25, 0.3) is 76.0 Å². The van der Waals surface area contributed by atoms with Gasteiger partial charge in [-0.2, -0.15) is 0 Å². The van der Waals surface area contributed by atoms with Gasteiger partial charge in [0.05, 0.1) is 15.9 Å². The van der Waals surface area contributed by atoms with E-state index in [4.69, 9.17) is 14.4 Å². The van der Waals surface area contributed by atoms with Crippen molar-refractivity contribution in [2.75, 3.05) is 0 Å². The zero-order valence-electron chi connectivity index (χ0n) is 20.3. The molecule has 0 saturated heterocycles. The van der Waals surface area contributed by atoms with Crippen LogP contribution in [-0.2, 0) is 0 Å². The Kier molecular flexibility index (Phi) is 4.69. The SMILES string of the molecule is c1ccc(-c2ccc3oc4cccc(-c5nc(-c6ccccc6)c6sc7ccccc7c6n5)c4c3c2)cc1. The first kappa shape index (κ1) is 21.3. The number of thiophene rings is 1. The van der Waals surface area contributed by atoms with Gasteiger partial charge in [-0.3, -0.25) is 0 Å². The molecule has 0 unspecified atom stereocenters. The molecule has 0 amide bonds. The van der Waals surface area contributed by atoms with Crippen LogP contribution in [0, 0.1) is 0 Å². The number of benzene rings is 5. The van der Waals surface area contributed by atoms with E-state index in [0.29, 0.717) is 5.82 Å². The Labute approximate surface area is 222 Å². The minimum absolute atomic E-state index is 0.707. The Morgan fingerprint density at radius 2 is 1.32 bits per heavy atom. The van der Waals surface area contributed by atoms with E-state index < -0.39 is 0 Å². The third-order valence-electron chi connectivity index (χ3n) is 7.11. The summed E-state index contributed by atoms with van der Waals surface area (Å²) in [4.78, 5) is 10.4. The van der Waals surface area contributed by atoms with Crippen molar-refractivity contribution in [3.05, 3.63) is 121 Å². The molecule has 8 rings (SSSR count). The Morgan fingerprint density at radius 3 is 2.16 bits per heavy atom.